The molecule has 1 aromatic carbocycles. The first kappa shape index (κ1) is 11.2. The van der Waals surface area contributed by atoms with Gasteiger partial charge in [0.1, 0.15) is 5.82 Å². The number of nitrogens with zero attached hydrogens (tertiary/aromatic N) is 2. The van der Waals surface area contributed by atoms with Crippen molar-refractivity contribution in [3.8, 4) is 11.4 Å². The molecule has 0 saturated heterocycles. The zero-order chi connectivity index (χ0) is 11.7. The minimum atomic E-state index is -0.0414. The maximum absolute atomic E-state index is 9.16. The van der Waals surface area contributed by atoms with Crippen LogP contribution in [0.4, 0.5) is 0 Å². The van der Waals surface area contributed by atoms with E-state index in [4.69, 9.17) is 16.7 Å². The van der Waals surface area contributed by atoms with Crippen LogP contribution in [0.2, 0.25) is 5.02 Å². The molecule has 0 bridgehead atoms. The van der Waals surface area contributed by atoms with Crippen molar-refractivity contribution in [3.63, 3.8) is 0 Å². The fraction of sp³-hybridized carbons (Fsp3) is 0.250. The number of halogens is 1. The second-order valence-electron chi connectivity index (χ2n) is 3.69. The van der Waals surface area contributed by atoms with E-state index < -0.39 is 0 Å². The van der Waals surface area contributed by atoms with Gasteiger partial charge in [0.05, 0.1) is 12.3 Å². The molecule has 0 fully saturated rings. The lowest BCUT2D eigenvalue weighted by atomic mass is 10.2. The van der Waals surface area contributed by atoms with Gasteiger partial charge in [-0.15, -0.1) is 0 Å². The normalized spacial score (nSPS) is 10.8. The monoisotopic (exact) mass is 236 g/mol. The minimum absolute atomic E-state index is 0.0414. The molecule has 16 heavy (non-hydrogen) atoms. The maximum atomic E-state index is 9.16. The second kappa shape index (κ2) is 4.28. The van der Waals surface area contributed by atoms with Gasteiger partial charge in [0.15, 0.2) is 0 Å². The number of benzene rings is 1. The van der Waals surface area contributed by atoms with E-state index in [9.17, 15) is 0 Å². The topological polar surface area (TPSA) is 38.1 Å². The Hall–Kier alpha value is -1.32. The van der Waals surface area contributed by atoms with Gasteiger partial charge in [-0.2, -0.15) is 0 Å². The van der Waals surface area contributed by atoms with Gasteiger partial charge >= 0.3 is 0 Å². The summed E-state index contributed by atoms with van der Waals surface area (Å²) >= 11 is 5.94. The highest BCUT2D eigenvalue weighted by atomic mass is 35.5. The Kier molecular flexibility index (Phi) is 2.99. The molecule has 84 valence electrons. The van der Waals surface area contributed by atoms with Crippen LogP contribution >= 0.6 is 11.6 Å². The van der Waals surface area contributed by atoms with Gasteiger partial charge in [0, 0.05) is 23.3 Å². The molecule has 0 aliphatic heterocycles. The van der Waals surface area contributed by atoms with E-state index in [2.05, 4.69) is 4.98 Å². The van der Waals surface area contributed by atoms with E-state index in [0.717, 1.165) is 17.1 Å². The molecule has 0 radical (unpaired) electrons. The van der Waals surface area contributed by atoms with E-state index in [1.54, 1.807) is 0 Å². The average molecular weight is 237 g/mol. The molecule has 0 saturated carbocycles. The van der Waals surface area contributed by atoms with Crippen molar-refractivity contribution in [1.29, 1.82) is 0 Å². The summed E-state index contributed by atoms with van der Waals surface area (Å²) in [4.78, 5) is 4.39. The molecule has 0 spiro atoms. The van der Waals surface area contributed by atoms with Crippen LogP contribution in [0.5, 0.6) is 0 Å². The summed E-state index contributed by atoms with van der Waals surface area (Å²) in [6, 6.07) is 7.54. The molecule has 0 aliphatic carbocycles. The highest BCUT2D eigenvalue weighted by Gasteiger charge is 2.11. The number of hydrogen-bond acceptors (Lipinski definition) is 2. The van der Waals surface area contributed by atoms with Crippen LogP contribution in [0.25, 0.3) is 11.4 Å². The molecule has 2 aromatic rings. The Morgan fingerprint density at radius 1 is 1.44 bits per heavy atom. The summed E-state index contributed by atoms with van der Waals surface area (Å²) in [7, 11) is 1.93. The van der Waals surface area contributed by atoms with Gasteiger partial charge in [-0.05, 0) is 19.1 Å². The fourth-order valence-electron chi connectivity index (χ4n) is 1.67. The number of rotatable bonds is 2. The summed E-state index contributed by atoms with van der Waals surface area (Å²) in [6.07, 6.45) is 0. The number of aliphatic hydroxyl groups is 1. The quantitative estimate of drug-likeness (QED) is 0.870. The number of hydrogen-bond donors (Lipinski definition) is 1. The van der Waals surface area contributed by atoms with Gasteiger partial charge in [-0.1, -0.05) is 23.7 Å². The number of aliphatic hydroxyl groups excluding tert-OH is 1. The lowest BCUT2D eigenvalue weighted by Gasteiger charge is -2.03. The predicted octanol–water partition coefficient (Wildman–Crippen LogP) is 2.54. The molecule has 4 heteroatoms. The van der Waals surface area contributed by atoms with Crippen LogP contribution in [0.3, 0.4) is 0 Å². The van der Waals surface area contributed by atoms with Gasteiger partial charge in [-0.25, -0.2) is 4.98 Å². The third-order valence-electron chi connectivity index (χ3n) is 2.71. The van der Waals surface area contributed by atoms with Crippen LogP contribution in [-0.2, 0) is 13.7 Å². The second-order valence-corrected chi connectivity index (χ2v) is 4.13. The highest BCUT2D eigenvalue weighted by Crippen LogP contribution is 2.23. The molecule has 0 amide bonds. The minimum Gasteiger partial charge on any atom is -0.390 e. The molecule has 1 N–H and O–H groups in total. The highest BCUT2D eigenvalue weighted by molar-refractivity contribution is 6.30. The Morgan fingerprint density at radius 2 is 2.19 bits per heavy atom. The molecule has 0 unspecified atom stereocenters. The van der Waals surface area contributed by atoms with Crippen LogP contribution in [0.15, 0.2) is 24.3 Å². The van der Waals surface area contributed by atoms with Crippen molar-refractivity contribution in [2.75, 3.05) is 0 Å². The van der Waals surface area contributed by atoms with Crippen molar-refractivity contribution in [3.05, 3.63) is 40.7 Å². The van der Waals surface area contributed by atoms with Crippen LogP contribution in [0.1, 0.15) is 11.4 Å². The summed E-state index contributed by atoms with van der Waals surface area (Å²) in [5, 5.41) is 9.84. The largest absolute Gasteiger partial charge is 0.390 e. The molecule has 0 aliphatic rings. The SMILES string of the molecule is Cc1c(CO)nc(-c2cccc(Cl)c2)n1C. The Labute approximate surface area is 99.3 Å². The smallest absolute Gasteiger partial charge is 0.140 e. The van der Waals surface area contributed by atoms with Crippen molar-refractivity contribution < 1.29 is 5.11 Å². The van der Waals surface area contributed by atoms with E-state index in [1.165, 1.54) is 0 Å². The Balaban J connectivity index is 2.56. The predicted molar refractivity (Wildman–Crippen MR) is 64.3 cm³/mol. The first-order valence-corrected chi connectivity index (χ1v) is 5.40. The van der Waals surface area contributed by atoms with E-state index in [-0.39, 0.29) is 6.61 Å². The molecule has 3 nitrogen and oxygen atoms in total. The van der Waals surface area contributed by atoms with Gasteiger partial charge in [0.25, 0.3) is 0 Å². The standard InChI is InChI=1S/C12H13ClN2O/c1-8-11(7-16)14-12(15(8)2)9-4-3-5-10(13)6-9/h3-6,16H,7H2,1-2H3. The Bertz CT molecular complexity index is 520. The Morgan fingerprint density at radius 3 is 2.75 bits per heavy atom. The van der Waals surface area contributed by atoms with E-state index in [1.807, 2.05) is 42.8 Å². The van der Waals surface area contributed by atoms with Gasteiger partial charge < -0.3 is 9.67 Å². The summed E-state index contributed by atoms with van der Waals surface area (Å²) < 4.78 is 1.96. The lowest BCUT2D eigenvalue weighted by molar-refractivity contribution is 0.276. The number of aromatic nitrogens is 2. The molecule has 1 aromatic heterocycles. The molecule has 2 rings (SSSR count). The van der Waals surface area contributed by atoms with Crippen molar-refractivity contribution in [1.82, 2.24) is 9.55 Å². The molecular formula is C12H13ClN2O. The molecule has 0 atom stereocenters. The van der Waals surface area contributed by atoms with Crippen molar-refractivity contribution in [2.24, 2.45) is 7.05 Å². The summed E-state index contributed by atoms with van der Waals surface area (Å²) in [5.74, 6) is 0.823. The van der Waals surface area contributed by atoms with Gasteiger partial charge in [0.2, 0.25) is 0 Å². The maximum Gasteiger partial charge on any atom is 0.140 e. The number of imidazole rings is 1. The summed E-state index contributed by atoms with van der Waals surface area (Å²) in [5.41, 5.74) is 2.63. The zero-order valence-corrected chi connectivity index (χ0v) is 9.99. The zero-order valence-electron chi connectivity index (χ0n) is 9.24. The van der Waals surface area contributed by atoms with E-state index in [0.29, 0.717) is 10.7 Å². The third kappa shape index (κ3) is 1.84. The van der Waals surface area contributed by atoms with Crippen LogP contribution in [-0.4, -0.2) is 14.7 Å². The molecule has 1 heterocycles. The van der Waals surface area contributed by atoms with Gasteiger partial charge in [-0.3, -0.25) is 0 Å². The van der Waals surface area contributed by atoms with Crippen LogP contribution in [0, 0.1) is 6.92 Å². The van der Waals surface area contributed by atoms with E-state index >= 15 is 0 Å². The van der Waals surface area contributed by atoms with Crippen molar-refractivity contribution >= 4 is 11.6 Å². The fourth-order valence-corrected chi connectivity index (χ4v) is 1.86. The average Bonchev–Trinajstić information content (AvgIpc) is 2.56. The lowest BCUT2D eigenvalue weighted by Crippen LogP contribution is -1.95. The first-order chi connectivity index (χ1) is 7.63. The third-order valence-corrected chi connectivity index (χ3v) is 2.95. The molecular weight excluding hydrogens is 224 g/mol. The van der Waals surface area contributed by atoms with Crippen molar-refractivity contribution in [2.45, 2.75) is 13.5 Å². The first-order valence-electron chi connectivity index (χ1n) is 5.02. The summed E-state index contributed by atoms with van der Waals surface area (Å²) in [6.45, 7) is 1.90. The van der Waals surface area contributed by atoms with Crippen LogP contribution < -0.4 is 0 Å².